The topological polar surface area (TPSA) is 37.8 Å². The summed E-state index contributed by atoms with van der Waals surface area (Å²) in [5.41, 5.74) is 0.996. The lowest BCUT2D eigenvalue weighted by molar-refractivity contribution is 0.894. The van der Waals surface area contributed by atoms with Crippen LogP contribution in [0.1, 0.15) is 31.8 Å². The van der Waals surface area contributed by atoms with Crippen LogP contribution in [0.2, 0.25) is 0 Å². The summed E-state index contributed by atoms with van der Waals surface area (Å²) in [5, 5.41) is 3.28. The number of hydrogen-bond acceptors (Lipinski definition) is 3. The van der Waals surface area contributed by atoms with Gasteiger partial charge in [-0.1, -0.05) is 13.8 Å². The first-order chi connectivity index (χ1) is 6.69. The fourth-order valence-electron chi connectivity index (χ4n) is 1.14. The van der Waals surface area contributed by atoms with Crippen molar-refractivity contribution in [3.05, 3.63) is 16.0 Å². The van der Waals surface area contributed by atoms with Gasteiger partial charge in [0.15, 0.2) is 0 Å². The van der Waals surface area contributed by atoms with Crippen molar-refractivity contribution in [2.24, 2.45) is 0 Å². The number of rotatable bonds is 4. The molecule has 4 heteroatoms. The first-order valence-corrected chi connectivity index (χ1v) is 5.75. The second-order valence-corrected chi connectivity index (χ2v) is 3.96. The fraction of sp³-hybridized carbons (Fsp3) is 0.600. The molecule has 3 nitrogen and oxygen atoms in total. The van der Waals surface area contributed by atoms with Crippen molar-refractivity contribution < 1.29 is 0 Å². The normalized spacial score (nSPS) is 10.3. The van der Waals surface area contributed by atoms with E-state index in [9.17, 15) is 0 Å². The van der Waals surface area contributed by atoms with Crippen molar-refractivity contribution in [2.45, 2.75) is 33.6 Å². The van der Waals surface area contributed by atoms with E-state index in [0.717, 1.165) is 41.2 Å². The lowest BCUT2D eigenvalue weighted by Gasteiger charge is -2.09. The van der Waals surface area contributed by atoms with E-state index in [1.54, 1.807) is 0 Å². The lowest BCUT2D eigenvalue weighted by Crippen LogP contribution is -2.07. The van der Waals surface area contributed by atoms with Gasteiger partial charge in [0.25, 0.3) is 0 Å². The SMILES string of the molecule is CCCNc1nc(CC)nc(C)c1Br. The largest absolute Gasteiger partial charge is 0.369 e. The van der Waals surface area contributed by atoms with Crippen LogP contribution in [-0.2, 0) is 6.42 Å². The van der Waals surface area contributed by atoms with Gasteiger partial charge in [-0.3, -0.25) is 0 Å². The zero-order valence-electron chi connectivity index (χ0n) is 8.89. The van der Waals surface area contributed by atoms with Gasteiger partial charge < -0.3 is 5.32 Å². The molecule has 1 N–H and O–H groups in total. The molecule has 0 aromatic carbocycles. The van der Waals surface area contributed by atoms with Gasteiger partial charge in [0.1, 0.15) is 11.6 Å². The molecule has 0 amide bonds. The Hall–Kier alpha value is -0.640. The predicted molar refractivity (Wildman–Crippen MR) is 62.6 cm³/mol. The Morgan fingerprint density at radius 3 is 2.57 bits per heavy atom. The van der Waals surface area contributed by atoms with E-state index in [2.05, 4.69) is 45.1 Å². The first kappa shape index (κ1) is 11.4. The molecule has 0 radical (unpaired) electrons. The summed E-state index contributed by atoms with van der Waals surface area (Å²) in [6, 6.07) is 0. The molecular formula is C10H16BrN3. The molecule has 0 saturated carbocycles. The van der Waals surface area contributed by atoms with Crippen LogP contribution in [-0.4, -0.2) is 16.5 Å². The second-order valence-electron chi connectivity index (χ2n) is 3.17. The maximum absolute atomic E-state index is 4.42. The van der Waals surface area contributed by atoms with E-state index >= 15 is 0 Å². The van der Waals surface area contributed by atoms with Gasteiger partial charge in [-0.05, 0) is 29.3 Å². The summed E-state index contributed by atoms with van der Waals surface area (Å²) in [6.07, 6.45) is 1.96. The van der Waals surface area contributed by atoms with Crippen molar-refractivity contribution in [2.75, 3.05) is 11.9 Å². The summed E-state index contributed by atoms with van der Waals surface area (Å²) in [4.78, 5) is 8.78. The average Bonchev–Trinajstić information content (AvgIpc) is 2.20. The fourth-order valence-corrected chi connectivity index (χ4v) is 1.45. The summed E-state index contributed by atoms with van der Waals surface area (Å²) >= 11 is 3.49. The number of halogens is 1. The average molecular weight is 258 g/mol. The summed E-state index contributed by atoms with van der Waals surface area (Å²) in [6.45, 7) is 7.13. The van der Waals surface area contributed by atoms with Crippen LogP contribution in [0.15, 0.2) is 4.47 Å². The molecule has 0 spiro atoms. The molecule has 1 heterocycles. The molecule has 0 unspecified atom stereocenters. The highest BCUT2D eigenvalue weighted by molar-refractivity contribution is 9.10. The summed E-state index contributed by atoms with van der Waals surface area (Å²) in [7, 11) is 0. The van der Waals surface area contributed by atoms with E-state index in [1.807, 2.05) is 6.92 Å². The highest BCUT2D eigenvalue weighted by atomic mass is 79.9. The Bertz CT molecular complexity index is 312. The zero-order chi connectivity index (χ0) is 10.6. The molecule has 0 aliphatic carbocycles. The second kappa shape index (κ2) is 5.29. The number of aromatic nitrogens is 2. The molecule has 0 aliphatic heterocycles. The van der Waals surface area contributed by atoms with Crippen LogP contribution >= 0.6 is 15.9 Å². The smallest absolute Gasteiger partial charge is 0.144 e. The van der Waals surface area contributed by atoms with Crippen LogP contribution in [0.25, 0.3) is 0 Å². The first-order valence-electron chi connectivity index (χ1n) is 4.95. The lowest BCUT2D eigenvalue weighted by atomic mass is 10.3. The van der Waals surface area contributed by atoms with E-state index in [-0.39, 0.29) is 0 Å². The Balaban J connectivity index is 2.95. The van der Waals surface area contributed by atoms with Crippen molar-refractivity contribution in [1.82, 2.24) is 9.97 Å². The van der Waals surface area contributed by atoms with E-state index in [0.29, 0.717) is 0 Å². The maximum Gasteiger partial charge on any atom is 0.144 e. The van der Waals surface area contributed by atoms with E-state index in [4.69, 9.17) is 0 Å². The van der Waals surface area contributed by atoms with Crippen LogP contribution in [0, 0.1) is 6.92 Å². The highest BCUT2D eigenvalue weighted by Crippen LogP contribution is 2.22. The number of nitrogens with one attached hydrogen (secondary N) is 1. The molecular weight excluding hydrogens is 242 g/mol. The van der Waals surface area contributed by atoms with Crippen molar-refractivity contribution in [3.63, 3.8) is 0 Å². The van der Waals surface area contributed by atoms with E-state index in [1.165, 1.54) is 0 Å². The van der Waals surface area contributed by atoms with Crippen molar-refractivity contribution >= 4 is 21.7 Å². The van der Waals surface area contributed by atoms with Crippen LogP contribution in [0.5, 0.6) is 0 Å². The van der Waals surface area contributed by atoms with Gasteiger partial charge in [0.05, 0.1) is 10.2 Å². The molecule has 1 aromatic heterocycles. The van der Waals surface area contributed by atoms with E-state index < -0.39 is 0 Å². The quantitative estimate of drug-likeness (QED) is 0.902. The van der Waals surface area contributed by atoms with Gasteiger partial charge in [0, 0.05) is 13.0 Å². The Labute approximate surface area is 93.5 Å². The zero-order valence-corrected chi connectivity index (χ0v) is 10.5. The minimum absolute atomic E-state index is 0.870. The third-order valence-corrected chi connectivity index (χ3v) is 2.87. The molecule has 0 saturated heterocycles. The Morgan fingerprint density at radius 2 is 2.00 bits per heavy atom. The standard InChI is InChI=1S/C10H16BrN3/c1-4-6-12-10-9(11)7(3)13-8(5-2)14-10/h4-6H2,1-3H3,(H,12,13,14). The number of aryl methyl sites for hydroxylation is 2. The predicted octanol–water partition coefficient (Wildman–Crippen LogP) is 2.93. The van der Waals surface area contributed by atoms with Gasteiger partial charge in [-0.15, -0.1) is 0 Å². The van der Waals surface area contributed by atoms with Gasteiger partial charge in [-0.2, -0.15) is 0 Å². The number of nitrogens with zero attached hydrogens (tertiary/aromatic N) is 2. The van der Waals surface area contributed by atoms with Crippen LogP contribution < -0.4 is 5.32 Å². The molecule has 1 rings (SSSR count). The minimum atomic E-state index is 0.870. The summed E-state index contributed by atoms with van der Waals surface area (Å²) in [5.74, 6) is 1.81. The van der Waals surface area contributed by atoms with Crippen molar-refractivity contribution in [3.8, 4) is 0 Å². The molecule has 1 aromatic rings. The molecule has 14 heavy (non-hydrogen) atoms. The highest BCUT2D eigenvalue weighted by Gasteiger charge is 2.07. The third-order valence-electron chi connectivity index (χ3n) is 1.92. The summed E-state index contributed by atoms with van der Waals surface area (Å²) < 4.78 is 0.975. The molecule has 0 atom stereocenters. The number of hydrogen-bond donors (Lipinski definition) is 1. The minimum Gasteiger partial charge on any atom is -0.369 e. The maximum atomic E-state index is 4.42. The Morgan fingerprint density at radius 1 is 1.29 bits per heavy atom. The molecule has 0 bridgehead atoms. The van der Waals surface area contributed by atoms with Gasteiger partial charge in [-0.25, -0.2) is 9.97 Å². The Kier molecular flexibility index (Phi) is 4.32. The van der Waals surface area contributed by atoms with Crippen molar-refractivity contribution in [1.29, 1.82) is 0 Å². The van der Waals surface area contributed by atoms with Crippen LogP contribution in [0.3, 0.4) is 0 Å². The molecule has 0 fully saturated rings. The molecule has 78 valence electrons. The van der Waals surface area contributed by atoms with Gasteiger partial charge >= 0.3 is 0 Å². The number of anilines is 1. The van der Waals surface area contributed by atoms with Crippen LogP contribution in [0.4, 0.5) is 5.82 Å². The third kappa shape index (κ3) is 2.67. The van der Waals surface area contributed by atoms with Gasteiger partial charge in [0.2, 0.25) is 0 Å². The monoisotopic (exact) mass is 257 g/mol. The molecule has 0 aliphatic rings.